The van der Waals surface area contributed by atoms with E-state index in [1.54, 1.807) is 11.8 Å². The van der Waals surface area contributed by atoms with Crippen molar-refractivity contribution in [1.82, 2.24) is 4.90 Å². The number of benzene rings is 2. The van der Waals surface area contributed by atoms with E-state index in [9.17, 15) is 10.1 Å². The minimum atomic E-state index is -0.529. The Morgan fingerprint density at radius 3 is 2.58 bits per heavy atom. The summed E-state index contributed by atoms with van der Waals surface area (Å²) in [5.41, 5.74) is 8.93. The average Bonchev–Trinajstić information content (AvgIpc) is 3.12. The molecular weight excluding hydrogens is 434 g/mol. The van der Waals surface area contributed by atoms with Crippen LogP contribution in [0.1, 0.15) is 32.4 Å². The highest BCUT2D eigenvalue weighted by molar-refractivity contribution is 8.17. The molecule has 0 aliphatic carbocycles. The minimum Gasteiger partial charge on any atom is -0.493 e. The summed E-state index contributed by atoms with van der Waals surface area (Å²) in [4.78, 5) is 20.2. The monoisotopic (exact) mass is 459 g/mol. The number of nitrogens with one attached hydrogen (secondary N) is 1. The summed E-state index contributed by atoms with van der Waals surface area (Å²) in [6.07, 6.45) is 0. The summed E-state index contributed by atoms with van der Waals surface area (Å²) in [7, 11) is 0. The van der Waals surface area contributed by atoms with Gasteiger partial charge in [0.2, 0.25) is 0 Å². The van der Waals surface area contributed by atoms with Gasteiger partial charge in [-0.05, 0) is 54.4 Å². The Bertz CT molecular complexity index is 1190. The number of nitriles is 1. The molecule has 3 N–H and O–H groups in total. The quantitative estimate of drug-likeness (QED) is 0.646. The Hall–Kier alpha value is -3.70. The number of amides is 1. The Morgan fingerprint density at radius 1 is 1.24 bits per heavy atom. The third-order valence-corrected chi connectivity index (χ3v) is 6.21. The molecular formula is C25H25N5O2S. The van der Waals surface area contributed by atoms with Crippen molar-refractivity contribution in [1.29, 1.82) is 5.26 Å². The highest BCUT2D eigenvalue weighted by atomic mass is 32.2. The van der Waals surface area contributed by atoms with Crippen LogP contribution in [-0.4, -0.2) is 22.6 Å². The fraction of sp³-hybridized carbons (Fsp3) is 0.240. The number of amidine groups is 1. The number of carbonyl (C=O) groups excluding carboxylic acids is 1. The number of thioether (sulfide) groups is 1. The minimum absolute atomic E-state index is 0.269. The molecule has 8 heteroatoms. The molecule has 2 aliphatic rings. The lowest BCUT2D eigenvalue weighted by Crippen LogP contribution is -2.39. The van der Waals surface area contributed by atoms with Gasteiger partial charge in [-0.2, -0.15) is 5.26 Å². The normalized spacial score (nSPS) is 17.6. The zero-order valence-electron chi connectivity index (χ0n) is 18.7. The summed E-state index contributed by atoms with van der Waals surface area (Å²) in [6, 6.07) is 18.5. The first-order valence-electron chi connectivity index (χ1n) is 10.6. The van der Waals surface area contributed by atoms with E-state index in [1.807, 2.05) is 54.6 Å². The summed E-state index contributed by atoms with van der Waals surface area (Å²) in [6.45, 7) is 6.61. The third-order valence-electron chi connectivity index (χ3n) is 5.23. The number of fused-ring (bicyclic) bond motifs is 1. The fourth-order valence-electron chi connectivity index (χ4n) is 3.68. The number of ether oxygens (including phenoxy) is 1. The standard InChI is InChI=1S/C25H25N5O2S/c1-15(2)14-32-19-11-9-17(10-12-19)22-21(24(31)29-18-7-5-4-6-8-18)16(3)28-25-30(22)23(27)20(13-26)33-25/h4-12,15,22H,14,27H2,1-3H3,(H,29,31)/t22-/m0/s1. The molecule has 33 heavy (non-hydrogen) atoms. The van der Waals surface area contributed by atoms with Crippen LogP contribution >= 0.6 is 11.8 Å². The van der Waals surface area contributed by atoms with Gasteiger partial charge >= 0.3 is 0 Å². The maximum absolute atomic E-state index is 13.4. The molecule has 0 bridgehead atoms. The van der Waals surface area contributed by atoms with Gasteiger partial charge in [-0.1, -0.05) is 44.2 Å². The molecule has 0 aromatic heterocycles. The second-order valence-corrected chi connectivity index (χ2v) is 9.17. The van der Waals surface area contributed by atoms with Crippen LogP contribution in [0.5, 0.6) is 5.75 Å². The molecule has 0 spiro atoms. The van der Waals surface area contributed by atoms with Crippen LogP contribution in [0.25, 0.3) is 0 Å². The number of nitrogens with two attached hydrogens (primary N) is 1. The zero-order valence-corrected chi connectivity index (χ0v) is 19.5. The van der Waals surface area contributed by atoms with Crippen molar-refractivity contribution < 1.29 is 9.53 Å². The molecule has 4 rings (SSSR count). The molecule has 2 aliphatic heterocycles. The van der Waals surface area contributed by atoms with Gasteiger partial charge in [0.1, 0.15) is 22.5 Å². The van der Waals surface area contributed by atoms with Gasteiger partial charge < -0.3 is 15.8 Å². The van der Waals surface area contributed by atoms with Crippen LogP contribution in [0.4, 0.5) is 5.69 Å². The maximum Gasteiger partial charge on any atom is 0.255 e. The van der Waals surface area contributed by atoms with Gasteiger partial charge in [0.25, 0.3) is 5.91 Å². The van der Waals surface area contributed by atoms with Crippen molar-refractivity contribution in [2.45, 2.75) is 26.8 Å². The van der Waals surface area contributed by atoms with Gasteiger partial charge in [0.05, 0.1) is 23.9 Å². The smallest absolute Gasteiger partial charge is 0.255 e. The Morgan fingerprint density at radius 2 is 1.94 bits per heavy atom. The van der Waals surface area contributed by atoms with Crippen molar-refractivity contribution in [3.8, 4) is 11.8 Å². The van der Waals surface area contributed by atoms with E-state index in [2.05, 4.69) is 30.2 Å². The largest absolute Gasteiger partial charge is 0.493 e. The SMILES string of the molecule is CC1=C(C(=O)Nc2ccccc2)[C@H](c2ccc(OCC(C)C)cc2)N2C(=N1)SC(C#N)=C2N. The molecule has 0 radical (unpaired) electrons. The van der Waals surface area contributed by atoms with Gasteiger partial charge in [-0.25, -0.2) is 4.99 Å². The molecule has 0 saturated heterocycles. The van der Waals surface area contributed by atoms with E-state index in [0.29, 0.717) is 45.4 Å². The fourth-order valence-corrected chi connectivity index (χ4v) is 4.59. The summed E-state index contributed by atoms with van der Waals surface area (Å²) in [5.74, 6) is 1.19. The van der Waals surface area contributed by atoms with Crippen LogP contribution in [0.15, 0.2) is 81.6 Å². The lowest BCUT2D eigenvalue weighted by molar-refractivity contribution is -0.113. The number of allylic oxidation sites excluding steroid dienone is 2. The van der Waals surface area contributed by atoms with Crippen LogP contribution in [0, 0.1) is 17.2 Å². The average molecular weight is 460 g/mol. The van der Waals surface area contributed by atoms with Gasteiger partial charge in [0.15, 0.2) is 5.17 Å². The van der Waals surface area contributed by atoms with Gasteiger partial charge in [-0.15, -0.1) is 0 Å². The van der Waals surface area contributed by atoms with E-state index in [4.69, 9.17) is 10.5 Å². The molecule has 1 amide bonds. The van der Waals surface area contributed by atoms with E-state index in [-0.39, 0.29) is 5.91 Å². The number of carbonyl (C=O) groups is 1. The second-order valence-electron chi connectivity index (χ2n) is 8.19. The Balaban J connectivity index is 1.74. The first kappa shape index (κ1) is 22.5. The zero-order chi connectivity index (χ0) is 23.5. The lowest BCUT2D eigenvalue weighted by atomic mass is 9.93. The molecule has 168 valence electrons. The van der Waals surface area contributed by atoms with Gasteiger partial charge in [-0.3, -0.25) is 9.69 Å². The Labute approximate surface area is 197 Å². The summed E-state index contributed by atoms with van der Waals surface area (Å²) in [5, 5.41) is 13.1. The summed E-state index contributed by atoms with van der Waals surface area (Å²) >= 11 is 1.22. The van der Waals surface area contributed by atoms with Crippen molar-refractivity contribution in [2.75, 3.05) is 11.9 Å². The number of hydrogen-bond acceptors (Lipinski definition) is 7. The van der Waals surface area contributed by atoms with Crippen molar-refractivity contribution in [2.24, 2.45) is 16.6 Å². The number of rotatable bonds is 6. The maximum atomic E-state index is 13.4. The molecule has 0 fully saturated rings. The number of nitrogens with zero attached hydrogens (tertiary/aromatic N) is 3. The molecule has 2 aromatic carbocycles. The molecule has 7 nitrogen and oxygen atoms in total. The van der Waals surface area contributed by atoms with E-state index >= 15 is 0 Å². The van der Waals surface area contributed by atoms with Crippen LogP contribution < -0.4 is 15.8 Å². The lowest BCUT2D eigenvalue weighted by Gasteiger charge is -2.35. The molecule has 2 aromatic rings. The highest BCUT2D eigenvalue weighted by Gasteiger charge is 2.42. The van der Waals surface area contributed by atoms with Crippen LogP contribution in [0.3, 0.4) is 0 Å². The van der Waals surface area contributed by atoms with Crippen LogP contribution in [-0.2, 0) is 4.79 Å². The molecule has 1 atom stereocenters. The van der Waals surface area contributed by atoms with E-state index < -0.39 is 6.04 Å². The predicted octanol–water partition coefficient (Wildman–Crippen LogP) is 4.74. The molecule has 0 saturated carbocycles. The van der Waals surface area contributed by atoms with E-state index in [1.165, 1.54) is 11.8 Å². The van der Waals surface area contributed by atoms with Crippen molar-refractivity contribution in [3.05, 3.63) is 82.2 Å². The topological polar surface area (TPSA) is 104 Å². The number of hydrogen-bond donors (Lipinski definition) is 2. The number of anilines is 1. The molecule has 2 heterocycles. The second kappa shape index (κ2) is 9.43. The number of para-hydroxylation sites is 1. The summed E-state index contributed by atoms with van der Waals surface area (Å²) < 4.78 is 5.82. The van der Waals surface area contributed by atoms with Crippen LogP contribution in [0.2, 0.25) is 0 Å². The molecule has 0 unspecified atom stereocenters. The van der Waals surface area contributed by atoms with Gasteiger partial charge in [0, 0.05) is 5.69 Å². The highest BCUT2D eigenvalue weighted by Crippen LogP contribution is 2.45. The first-order chi connectivity index (χ1) is 15.9. The number of aliphatic imine (C=N–C) groups is 1. The first-order valence-corrected chi connectivity index (χ1v) is 11.5. The predicted molar refractivity (Wildman–Crippen MR) is 131 cm³/mol. The third kappa shape index (κ3) is 4.59. The Kier molecular flexibility index (Phi) is 6.43. The van der Waals surface area contributed by atoms with Crippen molar-refractivity contribution in [3.63, 3.8) is 0 Å². The van der Waals surface area contributed by atoms with E-state index in [0.717, 1.165) is 11.3 Å². The van der Waals surface area contributed by atoms with Crippen molar-refractivity contribution >= 4 is 28.5 Å².